The first kappa shape index (κ1) is 17.0. The van der Waals surface area contributed by atoms with Crippen molar-refractivity contribution in [1.82, 2.24) is 0 Å². The summed E-state index contributed by atoms with van der Waals surface area (Å²) in [5.41, 5.74) is 12.5. The highest BCUT2D eigenvalue weighted by Gasteiger charge is 2.26. The van der Waals surface area contributed by atoms with Crippen molar-refractivity contribution < 1.29 is 0 Å². The Morgan fingerprint density at radius 3 is 1.79 bits per heavy atom. The fraction of sp³-hybridized carbons (Fsp3) is 0.143. The van der Waals surface area contributed by atoms with E-state index in [9.17, 15) is 0 Å². The zero-order valence-electron chi connectivity index (χ0n) is 16.4. The van der Waals surface area contributed by atoms with Crippen molar-refractivity contribution in [3.05, 3.63) is 130 Å². The highest BCUT2D eigenvalue weighted by Crippen LogP contribution is 2.43. The molecule has 0 heterocycles. The van der Waals surface area contributed by atoms with Crippen LogP contribution >= 0.6 is 0 Å². The number of rotatable bonds is 3. The van der Waals surface area contributed by atoms with E-state index in [1.165, 1.54) is 50.1 Å². The normalized spacial score (nSPS) is 12.1. The molecule has 4 aromatic rings. The third-order valence-electron chi connectivity index (χ3n) is 6.02. The largest absolute Gasteiger partial charge is 0.0619 e. The number of hydrogen-bond acceptors (Lipinski definition) is 0. The van der Waals surface area contributed by atoms with Crippen LogP contribution in [-0.4, -0.2) is 0 Å². The molecule has 0 spiro atoms. The predicted octanol–water partition coefficient (Wildman–Crippen LogP) is 7.05. The highest BCUT2D eigenvalue weighted by atomic mass is 14.3. The first-order valence-electron chi connectivity index (χ1n) is 10.0. The van der Waals surface area contributed by atoms with Crippen LogP contribution in [0, 0.1) is 13.8 Å². The smallest absolute Gasteiger partial charge is 0.0343 e. The van der Waals surface area contributed by atoms with Crippen molar-refractivity contribution >= 4 is 0 Å². The van der Waals surface area contributed by atoms with Crippen LogP contribution in [0.2, 0.25) is 0 Å². The van der Waals surface area contributed by atoms with Gasteiger partial charge in [0.25, 0.3) is 0 Å². The van der Waals surface area contributed by atoms with E-state index in [1.54, 1.807) is 0 Å². The van der Waals surface area contributed by atoms with E-state index < -0.39 is 0 Å². The minimum absolute atomic E-state index is 0.255. The summed E-state index contributed by atoms with van der Waals surface area (Å²) in [7, 11) is 0. The second-order valence-corrected chi connectivity index (χ2v) is 7.96. The lowest BCUT2D eigenvalue weighted by atomic mass is 9.81. The number of fused-ring (bicyclic) bond motifs is 3. The zero-order chi connectivity index (χ0) is 19.1. The first-order chi connectivity index (χ1) is 13.7. The maximum atomic E-state index is 2.33. The average molecular weight is 361 g/mol. The van der Waals surface area contributed by atoms with E-state index in [-0.39, 0.29) is 5.92 Å². The molecule has 0 nitrogen and oxygen atoms in total. The molecule has 0 saturated heterocycles. The van der Waals surface area contributed by atoms with Crippen molar-refractivity contribution in [3.8, 4) is 11.1 Å². The summed E-state index contributed by atoms with van der Waals surface area (Å²) in [4.78, 5) is 0. The molecule has 0 aromatic heterocycles. The highest BCUT2D eigenvalue weighted by molar-refractivity contribution is 5.78. The fourth-order valence-corrected chi connectivity index (χ4v) is 4.52. The first-order valence-corrected chi connectivity index (χ1v) is 10.0. The lowest BCUT2D eigenvalue weighted by Gasteiger charge is -2.22. The molecule has 0 unspecified atom stereocenters. The summed E-state index contributed by atoms with van der Waals surface area (Å²) in [6, 6.07) is 33.8. The summed E-state index contributed by atoms with van der Waals surface area (Å²) >= 11 is 0. The molecule has 0 bridgehead atoms. The Morgan fingerprint density at radius 1 is 0.571 bits per heavy atom. The monoisotopic (exact) mass is 360 g/mol. The molecular weight excluding hydrogens is 336 g/mol. The molecule has 0 amide bonds. The lowest BCUT2D eigenvalue weighted by Crippen LogP contribution is -2.07. The van der Waals surface area contributed by atoms with Crippen LogP contribution in [0.1, 0.15) is 44.9 Å². The molecular formula is C28H24. The molecule has 136 valence electrons. The van der Waals surface area contributed by atoms with Crippen LogP contribution in [0.15, 0.2) is 91.0 Å². The van der Waals surface area contributed by atoms with Gasteiger partial charge in [0, 0.05) is 5.92 Å². The molecule has 5 rings (SSSR count). The van der Waals surface area contributed by atoms with E-state index in [1.807, 2.05) is 0 Å². The van der Waals surface area contributed by atoms with Gasteiger partial charge in [0.2, 0.25) is 0 Å². The molecule has 0 fully saturated rings. The van der Waals surface area contributed by atoms with Gasteiger partial charge in [-0.2, -0.15) is 0 Å². The summed E-state index contributed by atoms with van der Waals surface area (Å²) in [6.45, 7) is 4.31. The molecule has 0 aliphatic heterocycles. The molecule has 28 heavy (non-hydrogen) atoms. The third kappa shape index (κ3) is 2.86. The van der Waals surface area contributed by atoms with Crippen LogP contribution in [-0.2, 0) is 6.42 Å². The topological polar surface area (TPSA) is 0 Å². The molecule has 0 atom stereocenters. The zero-order valence-corrected chi connectivity index (χ0v) is 16.4. The van der Waals surface area contributed by atoms with Crippen LogP contribution < -0.4 is 0 Å². The third-order valence-corrected chi connectivity index (χ3v) is 6.02. The molecule has 0 N–H and O–H groups in total. The Labute approximate surface area is 167 Å². The summed E-state index contributed by atoms with van der Waals surface area (Å²) in [6.07, 6.45) is 1.02. The van der Waals surface area contributed by atoms with Gasteiger partial charge in [-0.1, -0.05) is 102 Å². The Kier molecular flexibility index (Phi) is 4.13. The standard InChI is InChI=1S/C28H24/c1-19-10-14-21(15-11-19)28(22-16-12-20(2)13-17-22)26-9-5-8-25-24-7-4-3-6-23(24)18-27(25)26/h3-17,28H,18H2,1-2H3. The molecule has 1 aliphatic carbocycles. The van der Waals surface area contributed by atoms with Crippen LogP contribution in [0.5, 0.6) is 0 Å². The van der Waals surface area contributed by atoms with E-state index in [0.717, 1.165) is 6.42 Å². The molecule has 0 heteroatoms. The van der Waals surface area contributed by atoms with E-state index in [2.05, 4.69) is 105 Å². The second-order valence-electron chi connectivity index (χ2n) is 7.96. The van der Waals surface area contributed by atoms with E-state index in [4.69, 9.17) is 0 Å². The molecule has 0 radical (unpaired) electrons. The Balaban J connectivity index is 1.71. The van der Waals surface area contributed by atoms with Gasteiger partial charge in [-0.25, -0.2) is 0 Å². The summed E-state index contributed by atoms with van der Waals surface area (Å²) < 4.78 is 0. The molecule has 1 aliphatic rings. The van der Waals surface area contributed by atoms with Gasteiger partial charge in [-0.15, -0.1) is 0 Å². The van der Waals surface area contributed by atoms with Gasteiger partial charge in [0.05, 0.1) is 0 Å². The van der Waals surface area contributed by atoms with Crippen molar-refractivity contribution in [2.75, 3.05) is 0 Å². The van der Waals surface area contributed by atoms with Gasteiger partial charge < -0.3 is 0 Å². The van der Waals surface area contributed by atoms with Crippen LogP contribution in [0.4, 0.5) is 0 Å². The van der Waals surface area contributed by atoms with Crippen molar-refractivity contribution in [2.24, 2.45) is 0 Å². The lowest BCUT2D eigenvalue weighted by molar-refractivity contribution is 0.952. The number of hydrogen-bond donors (Lipinski definition) is 0. The Morgan fingerprint density at radius 2 is 1.14 bits per heavy atom. The van der Waals surface area contributed by atoms with Crippen LogP contribution in [0.3, 0.4) is 0 Å². The van der Waals surface area contributed by atoms with Gasteiger partial charge in [0.15, 0.2) is 0 Å². The van der Waals surface area contributed by atoms with Gasteiger partial charge >= 0.3 is 0 Å². The minimum Gasteiger partial charge on any atom is -0.0619 e. The Bertz CT molecular complexity index is 1090. The minimum atomic E-state index is 0.255. The predicted molar refractivity (Wildman–Crippen MR) is 118 cm³/mol. The van der Waals surface area contributed by atoms with Gasteiger partial charge in [-0.3, -0.25) is 0 Å². The quantitative estimate of drug-likeness (QED) is 0.302. The maximum Gasteiger partial charge on any atom is 0.0343 e. The van der Waals surface area contributed by atoms with Crippen LogP contribution in [0.25, 0.3) is 11.1 Å². The van der Waals surface area contributed by atoms with Gasteiger partial charge in [-0.05, 0) is 59.2 Å². The van der Waals surface area contributed by atoms with Gasteiger partial charge in [0.1, 0.15) is 0 Å². The van der Waals surface area contributed by atoms with Crippen molar-refractivity contribution in [1.29, 1.82) is 0 Å². The summed E-state index contributed by atoms with van der Waals surface area (Å²) in [5.74, 6) is 0.255. The number of benzene rings is 4. The summed E-state index contributed by atoms with van der Waals surface area (Å²) in [5, 5.41) is 0. The SMILES string of the molecule is Cc1ccc(C(c2ccc(C)cc2)c2cccc3c2Cc2ccccc2-3)cc1. The van der Waals surface area contributed by atoms with Crippen molar-refractivity contribution in [3.63, 3.8) is 0 Å². The van der Waals surface area contributed by atoms with E-state index >= 15 is 0 Å². The fourth-order valence-electron chi connectivity index (χ4n) is 4.52. The van der Waals surface area contributed by atoms with E-state index in [0.29, 0.717) is 0 Å². The average Bonchev–Trinajstić information content (AvgIpc) is 3.11. The molecule has 0 saturated carbocycles. The second kappa shape index (κ2) is 6.80. The maximum absolute atomic E-state index is 2.33. The molecule has 4 aromatic carbocycles. The van der Waals surface area contributed by atoms with Crippen molar-refractivity contribution in [2.45, 2.75) is 26.2 Å². The number of aryl methyl sites for hydroxylation is 2. The Hall–Kier alpha value is -3.12.